The Balaban J connectivity index is 2.09. The number of hydrogen-bond donors (Lipinski definition) is 0. The van der Waals surface area contributed by atoms with Crippen molar-refractivity contribution >= 4 is 15.9 Å². The van der Waals surface area contributed by atoms with E-state index in [1.807, 2.05) is 22.9 Å². The third kappa shape index (κ3) is 3.30. The highest BCUT2D eigenvalue weighted by atomic mass is 79.9. The number of hydrogen-bond acceptors (Lipinski definition) is 2. The van der Waals surface area contributed by atoms with E-state index < -0.39 is 0 Å². The Hall–Kier alpha value is -1.13. The Bertz CT molecular complexity index is 551. The van der Waals surface area contributed by atoms with Crippen LogP contribution in [0, 0.1) is 0 Å². The van der Waals surface area contributed by atoms with Crippen molar-refractivity contribution in [3.63, 3.8) is 0 Å². The number of aromatic nitrogens is 2. The third-order valence-corrected chi connectivity index (χ3v) is 4.35. The molecule has 108 valence electrons. The first kappa shape index (κ1) is 15.3. The number of rotatable bonds is 6. The van der Waals surface area contributed by atoms with E-state index in [0.717, 1.165) is 28.8 Å². The zero-order valence-corrected chi connectivity index (χ0v) is 13.9. The molecule has 1 aromatic heterocycles. The summed E-state index contributed by atoms with van der Waals surface area (Å²) in [5.41, 5.74) is 3.41. The van der Waals surface area contributed by atoms with E-state index in [9.17, 15) is 0 Å². The van der Waals surface area contributed by atoms with Crippen molar-refractivity contribution in [1.29, 1.82) is 0 Å². The smallest absolute Gasteiger partial charge is 0.0904 e. The Morgan fingerprint density at radius 3 is 2.55 bits per heavy atom. The van der Waals surface area contributed by atoms with Gasteiger partial charge in [0.15, 0.2) is 0 Å². The number of benzene rings is 1. The lowest BCUT2D eigenvalue weighted by atomic mass is 10.1. The van der Waals surface area contributed by atoms with Gasteiger partial charge in [0.05, 0.1) is 28.6 Å². The molecule has 0 radical (unpaired) electrons. The molecule has 1 unspecified atom stereocenters. The molecule has 0 amide bonds. The maximum Gasteiger partial charge on any atom is 0.0904 e. The van der Waals surface area contributed by atoms with Gasteiger partial charge in [-0.25, -0.2) is 0 Å². The lowest BCUT2D eigenvalue weighted by Gasteiger charge is -2.14. The minimum atomic E-state index is 0.0772. The fraction of sp³-hybridized carbons (Fsp3) is 0.438. The minimum absolute atomic E-state index is 0.0772. The molecule has 4 heteroatoms. The van der Waals surface area contributed by atoms with Gasteiger partial charge in [-0.15, -0.1) is 0 Å². The fourth-order valence-corrected chi connectivity index (χ4v) is 2.86. The van der Waals surface area contributed by atoms with Crippen molar-refractivity contribution in [2.24, 2.45) is 0 Å². The number of aryl methyl sites for hydroxylation is 2. The number of ether oxygens (including phenoxy) is 1. The van der Waals surface area contributed by atoms with Crippen molar-refractivity contribution in [3.05, 3.63) is 51.8 Å². The molecule has 0 spiro atoms. The van der Waals surface area contributed by atoms with Crippen LogP contribution >= 0.6 is 15.9 Å². The van der Waals surface area contributed by atoms with Crippen molar-refractivity contribution in [2.45, 2.75) is 46.4 Å². The average Bonchev–Trinajstić information content (AvgIpc) is 2.81. The van der Waals surface area contributed by atoms with E-state index >= 15 is 0 Å². The lowest BCUT2D eigenvalue weighted by Crippen LogP contribution is -2.07. The molecule has 0 bridgehead atoms. The van der Waals surface area contributed by atoms with Crippen LogP contribution in [0.1, 0.15) is 43.8 Å². The molecular weight excluding hydrogens is 316 g/mol. The van der Waals surface area contributed by atoms with Crippen LogP contribution in [-0.2, 0) is 24.3 Å². The first-order chi connectivity index (χ1) is 9.67. The standard InChI is InChI=1S/C16H21BrN2O/c1-4-14-16(17)15(19(5-2)18-14)11-20-12(3)13-9-7-6-8-10-13/h6-10,12H,4-5,11H2,1-3H3. The average molecular weight is 337 g/mol. The van der Waals surface area contributed by atoms with Crippen LogP contribution in [0.2, 0.25) is 0 Å². The second kappa shape index (κ2) is 7.04. The Labute approximate surface area is 129 Å². The highest BCUT2D eigenvalue weighted by molar-refractivity contribution is 9.10. The monoisotopic (exact) mass is 336 g/mol. The van der Waals surface area contributed by atoms with E-state index in [1.54, 1.807) is 0 Å². The lowest BCUT2D eigenvalue weighted by molar-refractivity contribution is 0.0479. The summed E-state index contributed by atoms with van der Waals surface area (Å²) in [7, 11) is 0. The highest BCUT2D eigenvalue weighted by Crippen LogP contribution is 2.25. The van der Waals surface area contributed by atoms with Crippen molar-refractivity contribution in [2.75, 3.05) is 0 Å². The molecule has 0 N–H and O–H groups in total. The minimum Gasteiger partial charge on any atom is -0.368 e. The Kier molecular flexibility index (Phi) is 5.38. The Morgan fingerprint density at radius 1 is 1.25 bits per heavy atom. The molecule has 3 nitrogen and oxygen atoms in total. The SMILES string of the molecule is CCc1nn(CC)c(COC(C)c2ccccc2)c1Br. The highest BCUT2D eigenvalue weighted by Gasteiger charge is 2.15. The molecule has 1 aromatic carbocycles. The van der Waals surface area contributed by atoms with Gasteiger partial charge in [0.2, 0.25) is 0 Å². The van der Waals surface area contributed by atoms with Gasteiger partial charge in [-0.3, -0.25) is 4.68 Å². The summed E-state index contributed by atoms with van der Waals surface area (Å²) in [4.78, 5) is 0. The first-order valence-corrected chi connectivity index (χ1v) is 7.87. The van der Waals surface area contributed by atoms with Crippen LogP contribution in [0.3, 0.4) is 0 Å². The normalized spacial score (nSPS) is 12.6. The van der Waals surface area contributed by atoms with E-state index in [4.69, 9.17) is 4.74 Å². The van der Waals surface area contributed by atoms with Gasteiger partial charge >= 0.3 is 0 Å². The second-order valence-corrected chi connectivity index (χ2v) is 5.53. The van der Waals surface area contributed by atoms with Crippen LogP contribution in [0.4, 0.5) is 0 Å². The molecule has 2 rings (SSSR count). The summed E-state index contributed by atoms with van der Waals surface area (Å²) in [5.74, 6) is 0. The van der Waals surface area contributed by atoms with E-state index in [1.165, 1.54) is 5.56 Å². The molecule has 0 saturated heterocycles. The summed E-state index contributed by atoms with van der Waals surface area (Å²) >= 11 is 3.65. The summed E-state index contributed by atoms with van der Waals surface area (Å²) in [6, 6.07) is 10.3. The quantitative estimate of drug-likeness (QED) is 0.776. The summed E-state index contributed by atoms with van der Waals surface area (Å²) in [5, 5.41) is 4.59. The van der Waals surface area contributed by atoms with Crippen LogP contribution < -0.4 is 0 Å². The first-order valence-electron chi connectivity index (χ1n) is 7.07. The van der Waals surface area contributed by atoms with Gasteiger partial charge in [0.25, 0.3) is 0 Å². The van der Waals surface area contributed by atoms with Gasteiger partial charge in [-0.1, -0.05) is 37.3 Å². The molecule has 0 aliphatic rings. The molecule has 0 aliphatic heterocycles. The summed E-state index contributed by atoms with van der Waals surface area (Å²) in [6.07, 6.45) is 1.00. The van der Waals surface area contributed by atoms with Crippen molar-refractivity contribution in [1.82, 2.24) is 9.78 Å². The Morgan fingerprint density at radius 2 is 1.95 bits per heavy atom. The van der Waals surface area contributed by atoms with E-state index in [-0.39, 0.29) is 6.10 Å². The second-order valence-electron chi connectivity index (χ2n) is 4.74. The third-order valence-electron chi connectivity index (χ3n) is 3.43. The predicted molar refractivity (Wildman–Crippen MR) is 84.6 cm³/mol. The number of halogens is 1. The molecule has 0 saturated carbocycles. The molecule has 0 aliphatic carbocycles. The maximum atomic E-state index is 6.00. The van der Waals surface area contributed by atoms with Gasteiger partial charge in [-0.2, -0.15) is 5.10 Å². The zero-order valence-electron chi connectivity index (χ0n) is 12.3. The number of nitrogens with zero attached hydrogens (tertiary/aromatic N) is 2. The molecular formula is C16H21BrN2O. The molecule has 2 aromatic rings. The van der Waals surface area contributed by atoms with Gasteiger partial charge in [0, 0.05) is 6.54 Å². The molecule has 1 heterocycles. The van der Waals surface area contributed by atoms with E-state index in [2.05, 4.69) is 53.9 Å². The van der Waals surface area contributed by atoms with Gasteiger partial charge in [-0.05, 0) is 41.8 Å². The van der Waals surface area contributed by atoms with Crippen LogP contribution in [0.5, 0.6) is 0 Å². The molecule has 0 fully saturated rings. The molecule has 1 atom stereocenters. The maximum absolute atomic E-state index is 6.00. The zero-order chi connectivity index (χ0) is 14.5. The topological polar surface area (TPSA) is 27.1 Å². The van der Waals surface area contributed by atoms with Crippen molar-refractivity contribution in [3.8, 4) is 0 Å². The summed E-state index contributed by atoms with van der Waals surface area (Å²) in [6.45, 7) is 7.72. The van der Waals surface area contributed by atoms with Crippen LogP contribution in [0.25, 0.3) is 0 Å². The van der Waals surface area contributed by atoms with E-state index in [0.29, 0.717) is 6.61 Å². The summed E-state index contributed by atoms with van der Waals surface area (Å²) < 4.78 is 9.10. The fourth-order valence-electron chi connectivity index (χ4n) is 2.18. The van der Waals surface area contributed by atoms with Crippen LogP contribution in [0.15, 0.2) is 34.8 Å². The van der Waals surface area contributed by atoms with Gasteiger partial charge in [0.1, 0.15) is 0 Å². The predicted octanol–water partition coefficient (Wildman–Crippen LogP) is 4.51. The van der Waals surface area contributed by atoms with Crippen molar-refractivity contribution < 1.29 is 4.74 Å². The molecule has 20 heavy (non-hydrogen) atoms. The van der Waals surface area contributed by atoms with Crippen LogP contribution in [-0.4, -0.2) is 9.78 Å². The van der Waals surface area contributed by atoms with Gasteiger partial charge < -0.3 is 4.74 Å². The largest absolute Gasteiger partial charge is 0.368 e.